The summed E-state index contributed by atoms with van der Waals surface area (Å²) in [5.41, 5.74) is 0.670. The SMILES string of the molecule is COC1(C)CCCN(C(=O)Nc2cc(-c3ccoc3C)on2)CC1. The lowest BCUT2D eigenvalue weighted by atomic mass is 9.97. The van der Waals surface area contributed by atoms with E-state index in [0.29, 0.717) is 24.7 Å². The van der Waals surface area contributed by atoms with Gasteiger partial charge in [0, 0.05) is 26.3 Å². The molecule has 1 aliphatic heterocycles. The van der Waals surface area contributed by atoms with Crippen molar-refractivity contribution in [1.29, 1.82) is 0 Å². The second-order valence-corrected chi connectivity index (χ2v) is 6.39. The topological polar surface area (TPSA) is 80.7 Å². The number of carbonyl (C=O) groups is 1. The molecule has 0 aromatic carbocycles. The number of rotatable bonds is 3. The summed E-state index contributed by atoms with van der Waals surface area (Å²) >= 11 is 0. The van der Waals surface area contributed by atoms with Crippen LogP contribution < -0.4 is 5.32 Å². The zero-order chi connectivity index (χ0) is 17.2. The van der Waals surface area contributed by atoms with Gasteiger partial charge in [0.1, 0.15) is 5.76 Å². The van der Waals surface area contributed by atoms with E-state index in [9.17, 15) is 4.79 Å². The molecule has 7 heteroatoms. The fourth-order valence-electron chi connectivity index (χ4n) is 2.95. The minimum atomic E-state index is -0.167. The molecular weight excluding hydrogens is 310 g/mol. The second kappa shape index (κ2) is 6.68. The first kappa shape index (κ1) is 16.6. The maximum absolute atomic E-state index is 12.5. The molecule has 0 aliphatic carbocycles. The highest BCUT2D eigenvalue weighted by atomic mass is 16.5. The number of aromatic nitrogens is 1. The van der Waals surface area contributed by atoms with Gasteiger partial charge in [-0.15, -0.1) is 0 Å². The summed E-state index contributed by atoms with van der Waals surface area (Å²) in [5.74, 6) is 1.71. The Balaban J connectivity index is 1.63. The Bertz CT molecular complexity index is 708. The van der Waals surface area contributed by atoms with Crippen LogP contribution in [0, 0.1) is 6.92 Å². The average Bonchev–Trinajstić information content (AvgIpc) is 3.13. The molecule has 0 bridgehead atoms. The van der Waals surface area contributed by atoms with Gasteiger partial charge in [-0.05, 0) is 39.2 Å². The lowest BCUT2D eigenvalue weighted by molar-refractivity contribution is -0.00492. The zero-order valence-corrected chi connectivity index (χ0v) is 14.3. The first-order chi connectivity index (χ1) is 11.5. The lowest BCUT2D eigenvalue weighted by Gasteiger charge is -2.26. The van der Waals surface area contributed by atoms with Gasteiger partial charge in [0.25, 0.3) is 0 Å². The van der Waals surface area contributed by atoms with Gasteiger partial charge in [-0.3, -0.25) is 5.32 Å². The number of nitrogens with zero attached hydrogens (tertiary/aromatic N) is 2. The largest absolute Gasteiger partial charge is 0.469 e. The third kappa shape index (κ3) is 3.46. The Labute approximate surface area is 140 Å². The molecule has 1 saturated heterocycles. The molecule has 3 rings (SSSR count). The van der Waals surface area contributed by atoms with Crippen LogP contribution in [0.3, 0.4) is 0 Å². The molecule has 2 amide bonds. The van der Waals surface area contributed by atoms with Crippen LogP contribution in [0.4, 0.5) is 10.6 Å². The standard InChI is InChI=1S/C17H23N3O4/c1-12-13(5-10-23-12)14-11-15(19-24-14)18-16(21)20-8-4-6-17(2,22-3)7-9-20/h5,10-11H,4,6-9H2,1-3H3,(H,18,19,21). The quantitative estimate of drug-likeness (QED) is 0.927. The molecule has 1 aliphatic rings. The van der Waals surface area contributed by atoms with E-state index in [-0.39, 0.29) is 11.6 Å². The van der Waals surface area contributed by atoms with E-state index in [4.69, 9.17) is 13.7 Å². The number of amides is 2. The van der Waals surface area contributed by atoms with Crippen LogP contribution in [0.2, 0.25) is 0 Å². The van der Waals surface area contributed by atoms with Gasteiger partial charge in [-0.1, -0.05) is 5.16 Å². The van der Waals surface area contributed by atoms with E-state index in [1.54, 1.807) is 24.3 Å². The summed E-state index contributed by atoms with van der Waals surface area (Å²) in [5, 5.41) is 6.71. The number of nitrogens with one attached hydrogen (secondary N) is 1. The number of hydrogen-bond acceptors (Lipinski definition) is 5. The van der Waals surface area contributed by atoms with Crippen molar-refractivity contribution in [3.8, 4) is 11.3 Å². The van der Waals surface area contributed by atoms with Gasteiger partial charge in [0.15, 0.2) is 11.6 Å². The maximum Gasteiger partial charge on any atom is 0.323 e. The smallest absolute Gasteiger partial charge is 0.323 e. The molecule has 0 saturated carbocycles. The molecule has 1 unspecified atom stereocenters. The Morgan fingerprint density at radius 3 is 2.96 bits per heavy atom. The molecule has 7 nitrogen and oxygen atoms in total. The Hall–Kier alpha value is -2.28. The van der Waals surface area contributed by atoms with Gasteiger partial charge in [-0.25, -0.2) is 4.79 Å². The Morgan fingerprint density at radius 1 is 1.42 bits per heavy atom. The average molecular weight is 333 g/mol. The van der Waals surface area contributed by atoms with Crippen LogP contribution in [0.15, 0.2) is 27.3 Å². The molecule has 130 valence electrons. The molecule has 1 atom stereocenters. The summed E-state index contributed by atoms with van der Waals surface area (Å²) in [6.45, 7) is 5.30. The van der Waals surface area contributed by atoms with E-state index < -0.39 is 0 Å². The summed E-state index contributed by atoms with van der Waals surface area (Å²) < 4.78 is 16.1. The van der Waals surface area contributed by atoms with E-state index >= 15 is 0 Å². The summed E-state index contributed by atoms with van der Waals surface area (Å²) in [7, 11) is 1.73. The third-order valence-electron chi connectivity index (χ3n) is 4.69. The number of urea groups is 1. The van der Waals surface area contributed by atoms with Crippen molar-refractivity contribution in [3.63, 3.8) is 0 Å². The number of ether oxygens (including phenoxy) is 1. The number of likely N-dealkylation sites (tertiary alicyclic amines) is 1. The van der Waals surface area contributed by atoms with Crippen LogP contribution in [-0.4, -0.2) is 41.9 Å². The minimum absolute atomic E-state index is 0.158. The molecule has 2 aromatic heterocycles. The van der Waals surface area contributed by atoms with Gasteiger partial charge in [-0.2, -0.15) is 0 Å². The predicted molar refractivity (Wildman–Crippen MR) is 88.8 cm³/mol. The van der Waals surface area contributed by atoms with Gasteiger partial charge >= 0.3 is 6.03 Å². The number of aryl methyl sites for hydroxylation is 1. The van der Waals surface area contributed by atoms with Crippen LogP contribution in [-0.2, 0) is 4.74 Å². The number of methoxy groups -OCH3 is 1. The highest BCUT2D eigenvalue weighted by Gasteiger charge is 2.29. The monoisotopic (exact) mass is 333 g/mol. The Morgan fingerprint density at radius 2 is 2.25 bits per heavy atom. The van der Waals surface area contributed by atoms with Crippen molar-refractivity contribution in [1.82, 2.24) is 10.1 Å². The van der Waals surface area contributed by atoms with Gasteiger partial charge in [0.2, 0.25) is 0 Å². The first-order valence-corrected chi connectivity index (χ1v) is 8.13. The molecule has 3 heterocycles. The fourth-order valence-corrected chi connectivity index (χ4v) is 2.95. The highest BCUT2D eigenvalue weighted by molar-refractivity contribution is 5.88. The van der Waals surface area contributed by atoms with Crippen LogP contribution in [0.25, 0.3) is 11.3 Å². The van der Waals surface area contributed by atoms with E-state index in [0.717, 1.165) is 30.6 Å². The van der Waals surface area contributed by atoms with Crippen molar-refractivity contribution < 1.29 is 18.5 Å². The maximum atomic E-state index is 12.5. The molecule has 0 radical (unpaired) electrons. The van der Waals surface area contributed by atoms with Crippen molar-refractivity contribution >= 4 is 11.8 Å². The highest BCUT2D eigenvalue weighted by Crippen LogP contribution is 2.27. The second-order valence-electron chi connectivity index (χ2n) is 6.39. The molecule has 1 fully saturated rings. The van der Waals surface area contributed by atoms with Crippen molar-refractivity contribution in [2.45, 2.75) is 38.7 Å². The van der Waals surface area contributed by atoms with Gasteiger partial charge < -0.3 is 18.6 Å². The first-order valence-electron chi connectivity index (χ1n) is 8.13. The third-order valence-corrected chi connectivity index (χ3v) is 4.69. The van der Waals surface area contributed by atoms with Gasteiger partial charge in [0.05, 0.1) is 17.4 Å². The van der Waals surface area contributed by atoms with Crippen LogP contribution >= 0.6 is 0 Å². The van der Waals surface area contributed by atoms with Crippen molar-refractivity contribution in [2.75, 3.05) is 25.5 Å². The Kier molecular flexibility index (Phi) is 4.62. The molecule has 2 aromatic rings. The normalized spacial score (nSPS) is 21.5. The summed E-state index contributed by atoms with van der Waals surface area (Å²) in [6, 6.07) is 3.34. The lowest BCUT2D eigenvalue weighted by Crippen LogP contribution is -2.37. The minimum Gasteiger partial charge on any atom is -0.469 e. The number of furan rings is 1. The fraction of sp³-hybridized carbons (Fsp3) is 0.529. The number of anilines is 1. The van der Waals surface area contributed by atoms with Crippen LogP contribution in [0.1, 0.15) is 31.9 Å². The zero-order valence-electron chi connectivity index (χ0n) is 14.3. The number of hydrogen-bond donors (Lipinski definition) is 1. The summed E-state index contributed by atoms with van der Waals surface area (Å²) in [6.07, 6.45) is 4.27. The van der Waals surface area contributed by atoms with E-state index in [2.05, 4.69) is 17.4 Å². The van der Waals surface area contributed by atoms with Crippen molar-refractivity contribution in [3.05, 3.63) is 24.2 Å². The van der Waals surface area contributed by atoms with Crippen molar-refractivity contribution in [2.24, 2.45) is 0 Å². The number of carbonyl (C=O) groups excluding carboxylic acids is 1. The van der Waals surface area contributed by atoms with E-state index in [1.165, 1.54) is 0 Å². The molecule has 0 spiro atoms. The molecule has 1 N–H and O–H groups in total. The molecule has 24 heavy (non-hydrogen) atoms. The molecular formula is C17H23N3O4. The predicted octanol–water partition coefficient (Wildman–Crippen LogP) is 3.67. The summed E-state index contributed by atoms with van der Waals surface area (Å²) in [4.78, 5) is 14.2. The van der Waals surface area contributed by atoms with E-state index in [1.807, 2.05) is 13.0 Å². The van der Waals surface area contributed by atoms with Crippen LogP contribution in [0.5, 0.6) is 0 Å².